The van der Waals surface area contributed by atoms with Gasteiger partial charge in [0, 0.05) is 5.39 Å². The monoisotopic (exact) mass is 387 g/mol. The number of nitrogens with one attached hydrogen (secondary N) is 1. The van der Waals surface area contributed by atoms with Crippen molar-refractivity contribution < 1.29 is 19.1 Å². The third-order valence-corrected chi connectivity index (χ3v) is 4.39. The van der Waals surface area contributed by atoms with E-state index in [9.17, 15) is 14.7 Å². The van der Waals surface area contributed by atoms with Crippen LogP contribution in [0.25, 0.3) is 22.1 Å². The Morgan fingerprint density at radius 2 is 1.66 bits per heavy atom. The first-order valence-corrected chi connectivity index (χ1v) is 8.95. The molecule has 29 heavy (non-hydrogen) atoms. The molecule has 0 atom stereocenters. The van der Waals surface area contributed by atoms with Crippen molar-refractivity contribution in [3.8, 4) is 16.9 Å². The molecule has 144 valence electrons. The molecule has 2 N–H and O–H groups in total. The SMILES string of the molecule is O=C(Nc1cc2ccc(O)c(-c3ccccc3)c2oc1=O)OCc1ccccc1. The van der Waals surface area contributed by atoms with Gasteiger partial charge in [-0.15, -0.1) is 0 Å². The second-order valence-electron chi connectivity index (χ2n) is 6.38. The summed E-state index contributed by atoms with van der Waals surface area (Å²) >= 11 is 0. The number of benzene rings is 3. The highest BCUT2D eigenvalue weighted by atomic mass is 16.5. The summed E-state index contributed by atoms with van der Waals surface area (Å²) < 4.78 is 10.6. The molecule has 6 nitrogen and oxygen atoms in total. The lowest BCUT2D eigenvalue weighted by atomic mass is 10.0. The van der Waals surface area contributed by atoms with E-state index in [1.54, 1.807) is 6.07 Å². The largest absolute Gasteiger partial charge is 0.507 e. The second kappa shape index (κ2) is 7.90. The molecular weight excluding hydrogens is 370 g/mol. The molecule has 1 amide bonds. The number of hydrogen-bond donors (Lipinski definition) is 2. The Bertz CT molecular complexity index is 1220. The van der Waals surface area contributed by atoms with E-state index in [4.69, 9.17) is 9.15 Å². The van der Waals surface area contributed by atoms with Crippen LogP contribution in [0.4, 0.5) is 10.5 Å². The first kappa shape index (κ1) is 18.3. The van der Waals surface area contributed by atoms with Gasteiger partial charge in [-0.1, -0.05) is 60.7 Å². The maximum Gasteiger partial charge on any atom is 0.412 e. The number of rotatable bonds is 4. The third-order valence-electron chi connectivity index (χ3n) is 4.39. The minimum absolute atomic E-state index is 0.00479. The molecule has 0 unspecified atom stereocenters. The minimum atomic E-state index is -0.762. The van der Waals surface area contributed by atoms with Crippen LogP contribution in [0.15, 0.2) is 88.1 Å². The maximum atomic E-state index is 12.4. The molecule has 6 heteroatoms. The number of ether oxygens (including phenoxy) is 1. The zero-order chi connectivity index (χ0) is 20.2. The molecule has 1 heterocycles. The number of carbonyl (C=O) groups is 1. The van der Waals surface area contributed by atoms with E-state index < -0.39 is 11.7 Å². The van der Waals surface area contributed by atoms with E-state index in [1.165, 1.54) is 12.1 Å². The van der Waals surface area contributed by atoms with Crippen LogP contribution in [0.1, 0.15) is 5.56 Å². The van der Waals surface area contributed by atoms with Crippen LogP contribution in [0.5, 0.6) is 5.75 Å². The van der Waals surface area contributed by atoms with Crippen LogP contribution in [0, 0.1) is 0 Å². The molecule has 0 bridgehead atoms. The molecule has 3 aromatic carbocycles. The van der Waals surface area contributed by atoms with Crippen molar-refractivity contribution in [3.05, 3.63) is 94.8 Å². The summed E-state index contributed by atoms with van der Waals surface area (Å²) in [5, 5.41) is 13.3. The Morgan fingerprint density at radius 1 is 0.966 bits per heavy atom. The lowest BCUT2D eigenvalue weighted by Crippen LogP contribution is -2.18. The van der Waals surface area contributed by atoms with E-state index in [-0.39, 0.29) is 23.6 Å². The Labute approximate surface area is 166 Å². The fourth-order valence-electron chi connectivity index (χ4n) is 3.01. The van der Waals surface area contributed by atoms with E-state index in [1.807, 2.05) is 60.7 Å². The summed E-state index contributed by atoms with van der Waals surface area (Å²) in [6.07, 6.45) is -0.762. The Kier molecular flexibility index (Phi) is 4.99. The molecule has 0 spiro atoms. The fourth-order valence-corrected chi connectivity index (χ4v) is 3.01. The fraction of sp³-hybridized carbons (Fsp3) is 0.0435. The number of hydrogen-bond acceptors (Lipinski definition) is 5. The van der Waals surface area contributed by atoms with Crippen molar-refractivity contribution in [2.75, 3.05) is 5.32 Å². The Hall–Kier alpha value is -4.06. The first-order chi connectivity index (χ1) is 14.1. The van der Waals surface area contributed by atoms with E-state index in [0.29, 0.717) is 16.5 Å². The Balaban J connectivity index is 1.62. The third kappa shape index (κ3) is 3.96. The van der Waals surface area contributed by atoms with Crippen molar-refractivity contribution in [3.63, 3.8) is 0 Å². The number of anilines is 1. The van der Waals surface area contributed by atoms with Gasteiger partial charge in [-0.3, -0.25) is 5.32 Å². The van der Waals surface area contributed by atoms with Crippen LogP contribution in [-0.2, 0) is 11.3 Å². The molecule has 0 saturated carbocycles. The molecule has 0 aliphatic carbocycles. The summed E-state index contributed by atoms with van der Waals surface area (Å²) in [7, 11) is 0. The van der Waals surface area contributed by atoms with Gasteiger partial charge in [-0.2, -0.15) is 0 Å². The lowest BCUT2D eigenvalue weighted by Gasteiger charge is -2.10. The second-order valence-corrected chi connectivity index (χ2v) is 6.38. The van der Waals surface area contributed by atoms with E-state index >= 15 is 0 Å². The number of phenolic OH excluding ortho intramolecular Hbond substituents is 1. The van der Waals surface area contributed by atoms with Gasteiger partial charge < -0.3 is 14.3 Å². The molecule has 4 rings (SSSR count). The summed E-state index contributed by atoms with van der Waals surface area (Å²) in [5.74, 6) is -0.00479. The highest BCUT2D eigenvalue weighted by Gasteiger charge is 2.16. The molecule has 0 aliphatic rings. The zero-order valence-corrected chi connectivity index (χ0v) is 15.3. The van der Waals surface area contributed by atoms with Gasteiger partial charge in [0.05, 0.1) is 5.56 Å². The van der Waals surface area contributed by atoms with Crippen LogP contribution >= 0.6 is 0 Å². The van der Waals surface area contributed by atoms with Gasteiger partial charge >= 0.3 is 11.7 Å². The highest BCUT2D eigenvalue weighted by Crippen LogP contribution is 2.36. The number of aromatic hydroxyl groups is 1. The van der Waals surface area contributed by atoms with Gasteiger partial charge in [0.15, 0.2) is 0 Å². The summed E-state index contributed by atoms with van der Waals surface area (Å²) in [6, 6.07) is 22.9. The quantitative estimate of drug-likeness (QED) is 0.486. The predicted molar refractivity (Wildman–Crippen MR) is 110 cm³/mol. The van der Waals surface area contributed by atoms with Crippen LogP contribution < -0.4 is 10.9 Å². The molecule has 0 aliphatic heterocycles. The highest BCUT2D eigenvalue weighted by molar-refractivity contribution is 5.97. The van der Waals surface area contributed by atoms with Gasteiger partial charge in [0.25, 0.3) is 0 Å². The number of phenols is 1. The van der Waals surface area contributed by atoms with Gasteiger partial charge in [0.2, 0.25) is 0 Å². The zero-order valence-electron chi connectivity index (χ0n) is 15.3. The van der Waals surface area contributed by atoms with Gasteiger partial charge in [-0.25, -0.2) is 9.59 Å². The predicted octanol–water partition coefficient (Wildman–Crippen LogP) is 4.91. The average Bonchev–Trinajstić information content (AvgIpc) is 2.74. The van der Waals surface area contributed by atoms with Crippen molar-refractivity contribution in [2.24, 2.45) is 0 Å². The molecule has 0 radical (unpaired) electrons. The van der Waals surface area contributed by atoms with Crippen molar-refractivity contribution in [2.45, 2.75) is 6.61 Å². The number of amides is 1. The van der Waals surface area contributed by atoms with Gasteiger partial charge in [0.1, 0.15) is 23.6 Å². The average molecular weight is 387 g/mol. The Morgan fingerprint density at radius 3 is 2.38 bits per heavy atom. The van der Waals surface area contributed by atoms with Crippen LogP contribution in [-0.4, -0.2) is 11.2 Å². The number of fused-ring (bicyclic) bond motifs is 1. The topological polar surface area (TPSA) is 88.8 Å². The lowest BCUT2D eigenvalue weighted by molar-refractivity contribution is 0.155. The van der Waals surface area contributed by atoms with Crippen molar-refractivity contribution >= 4 is 22.7 Å². The molecule has 0 fully saturated rings. The molecule has 1 aromatic heterocycles. The van der Waals surface area contributed by atoms with Crippen molar-refractivity contribution in [1.82, 2.24) is 0 Å². The molecular formula is C23H17NO5. The van der Waals surface area contributed by atoms with Crippen LogP contribution in [0.2, 0.25) is 0 Å². The smallest absolute Gasteiger partial charge is 0.412 e. The summed E-state index contributed by atoms with van der Waals surface area (Å²) in [4.78, 5) is 24.5. The maximum absolute atomic E-state index is 12.4. The summed E-state index contributed by atoms with van der Waals surface area (Å²) in [5.41, 5.74) is 1.41. The van der Waals surface area contributed by atoms with E-state index in [0.717, 1.165) is 5.56 Å². The van der Waals surface area contributed by atoms with Crippen molar-refractivity contribution in [1.29, 1.82) is 0 Å². The summed E-state index contributed by atoms with van der Waals surface area (Å²) in [6.45, 7) is 0.0810. The van der Waals surface area contributed by atoms with Crippen LogP contribution in [0.3, 0.4) is 0 Å². The molecule has 4 aromatic rings. The van der Waals surface area contributed by atoms with E-state index in [2.05, 4.69) is 5.32 Å². The minimum Gasteiger partial charge on any atom is -0.507 e. The standard InChI is InChI=1S/C23H17NO5/c25-19-12-11-17-13-18(24-23(27)28-14-15-7-3-1-4-8-15)22(26)29-21(17)20(19)16-9-5-2-6-10-16/h1-13,25H,14H2,(H,24,27). The normalized spacial score (nSPS) is 10.6. The molecule has 0 saturated heterocycles. The van der Waals surface area contributed by atoms with Gasteiger partial charge in [-0.05, 0) is 29.3 Å². The number of carbonyl (C=O) groups excluding carboxylic acids is 1. The first-order valence-electron chi connectivity index (χ1n) is 8.95.